The number of para-hydroxylation sites is 1. The zero-order chi connectivity index (χ0) is 20.8. The SMILES string of the molecule is Brc1cc(-c2ccccc2)cc(-c2nc3ccccc3c3c2ccc2ccccc23)c1. The Morgan fingerprint density at radius 3 is 2.10 bits per heavy atom. The molecule has 0 aliphatic heterocycles. The topological polar surface area (TPSA) is 12.9 Å². The molecule has 0 aliphatic rings. The van der Waals surface area contributed by atoms with Crippen LogP contribution in [0.25, 0.3) is 54.8 Å². The van der Waals surface area contributed by atoms with E-state index in [4.69, 9.17) is 4.98 Å². The number of fused-ring (bicyclic) bond motifs is 5. The molecular weight excluding hydrogens is 442 g/mol. The van der Waals surface area contributed by atoms with Gasteiger partial charge in [-0.1, -0.05) is 101 Å². The van der Waals surface area contributed by atoms with Gasteiger partial charge in [-0.3, -0.25) is 0 Å². The summed E-state index contributed by atoms with van der Waals surface area (Å²) in [4.78, 5) is 5.14. The smallest absolute Gasteiger partial charge is 0.0788 e. The van der Waals surface area contributed by atoms with Crippen LogP contribution in [-0.4, -0.2) is 4.98 Å². The lowest BCUT2D eigenvalue weighted by atomic mass is 9.94. The molecule has 0 saturated heterocycles. The van der Waals surface area contributed by atoms with E-state index in [1.807, 2.05) is 6.07 Å². The normalized spacial score (nSPS) is 11.4. The second-order valence-corrected chi connectivity index (χ2v) is 8.70. The zero-order valence-corrected chi connectivity index (χ0v) is 18.3. The minimum atomic E-state index is 1.01. The Morgan fingerprint density at radius 1 is 0.516 bits per heavy atom. The summed E-state index contributed by atoms with van der Waals surface area (Å²) in [5, 5.41) is 6.14. The summed E-state index contributed by atoms with van der Waals surface area (Å²) in [6.07, 6.45) is 0. The van der Waals surface area contributed by atoms with E-state index in [0.717, 1.165) is 21.2 Å². The summed E-state index contributed by atoms with van der Waals surface area (Å²) < 4.78 is 1.05. The van der Waals surface area contributed by atoms with Crippen molar-refractivity contribution in [3.8, 4) is 22.4 Å². The number of rotatable bonds is 2. The number of nitrogens with zero attached hydrogens (tertiary/aromatic N) is 1. The van der Waals surface area contributed by atoms with Crippen LogP contribution in [0.3, 0.4) is 0 Å². The van der Waals surface area contributed by atoms with Gasteiger partial charge < -0.3 is 0 Å². The fourth-order valence-electron chi connectivity index (χ4n) is 4.47. The number of benzene rings is 5. The Hall–Kier alpha value is -3.49. The molecule has 0 bridgehead atoms. The van der Waals surface area contributed by atoms with Gasteiger partial charge in [0, 0.05) is 26.2 Å². The third-order valence-corrected chi connectivity index (χ3v) is 6.33. The Morgan fingerprint density at radius 2 is 1.23 bits per heavy atom. The molecule has 0 amide bonds. The highest BCUT2D eigenvalue weighted by atomic mass is 79.9. The van der Waals surface area contributed by atoms with Crippen molar-refractivity contribution in [3.63, 3.8) is 0 Å². The molecule has 0 saturated carbocycles. The Balaban J connectivity index is 1.72. The molecule has 0 atom stereocenters. The van der Waals surface area contributed by atoms with E-state index in [1.54, 1.807) is 0 Å². The molecule has 0 unspecified atom stereocenters. The predicted molar refractivity (Wildman–Crippen MR) is 135 cm³/mol. The van der Waals surface area contributed by atoms with Gasteiger partial charge in [0.15, 0.2) is 0 Å². The van der Waals surface area contributed by atoms with Gasteiger partial charge in [0.05, 0.1) is 11.2 Å². The predicted octanol–water partition coefficient (Wildman–Crippen LogP) is 8.64. The summed E-state index contributed by atoms with van der Waals surface area (Å²) >= 11 is 3.73. The zero-order valence-electron chi connectivity index (χ0n) is 16.7. The van der Waals surface area contributed by atoms with Crippen LogP contribution in [0.1, 0.15) is 0 Å². The van der Waals surface area contributed by atoms with E-state index in [1.165, 1.54) is 38.1 Å². The lowest BCUT2D eigenvalue weighted by Crippen LogP contribution is -1.91. The Labute approximate surface area is 189 Å². The summed E-state index contributed by atoms with van der Waals surface area (Å²) in [6, 6.07) is 38.5. The van der Waals surface area contributed by atoms with Crippen molar-refractivity contribution < 1.29 is 0 Å². The van der Waals surface area contributed by atoms with Crippen molar-refractivity contribution in [3.05, 3.63) is 114 Å². The summed E-state index contributed by atoms with van der Waals surface area (Å²) in [5.41, 5.74) is 5.51. The van der Waals surface area contributed by atoms with Crippen LogP contribution in [0.2, 0.25) is 0 Å². The molecule has 31 heavy (non-hydrogen) atoms. The van der Waals surface area contributed by atoms with Crippen LogP contribution in [-0.2, 0) is 0 Å². The lowest BCUT2D eigenvalue weighted by Gasteiger charge is -2.14. The highest BCUT2D eigenvalue weighted by Crippen LogP contribution is 2.38. The minimum Gasteiger partial charge on any atom is -0.247 e. The second-order valence-electron chi connectivity index (χ2n) is 7.78. The molecule has 6 aromatic rings. The Bertz CT molecular complexity index is 1570. The van der Waals surface area contributed by atoms with E-state index < -0.39 is 0 Å². The standard InChI is InChI=1S/C29H18BrN/c30-23-17-21(19-8-2-1-3-9-19)16-22(18-23)29-26-15-14-20-10-4-5-11-24(20)28(26)25-12-6-7-13-27(25)31-29/h1-18H. The first-order valence-corrected chi connectivity index (χ1v) is 11.1. The molecule has 1 nitrogen and oxygen atoms in total. The van der Waals surface area contributed by atoms with Crippen LogP contribution in [0.4, 0.5) is 0 Å². The molecule has 5 aromatic carbocycles. The highest BCUT2D eigenvalue weighted by Gasteiger charge is 2.14. The van der Waals surface area contributed by atoms with Crippen molar-refractivity contribution in [1.82, 2.24) is 4.98 Å². The molecule has 146 valence electrons. The van der Waals surface area contributed by atoms with E-state index in [9.17, 15) is 0 Å². The highest BCUT2D eigenvalue weighted by molar-refractivity contribution is 9.10. The molecule has 6 rings (SSSR count). The first-order valence-electron chi connectivity index (χ1n) is 10.3. The van der Waals surface area contributed by atoms with Gasteiger partial charge in [-0.25, -0.2) is 4.98 Å². The number of pyridine rings is 1. The molecule has 1 heterocycles. The van der Waals surface area contributed by atoms with E-state index >= 15 is 0 Å². The molecular formula is C29H18BrN. The van der Waals surface area contributed by atoms with Gasteiger partial charge >= 0.3 is 0 Å². The minimum absolute atomic E-state index is 1.01. The average Bonchev–Trinajstić information content (AvgIpc) is 2.83. The van der Waals surface area contributed by atoms with Gasteiger partial charge in [-0.05, 0) is 46.2 Å². The molecule has 2 heteroatoms. The fourth-order valence-corrected chi connectivity index (χ4v) is 4.96. The van der Waals surface area contributed by atoms with Gasteiger partial charge in [0.2, 0.25) is 0 Å². The monoisotopic (exact) mass is 459 g/mol. The third kappa shape index (κ3) is 3.11. The molecule has 1 aromatic heterocycles. The van der Waals surface area contributed by atoms with Crippen molar-refractivity contribution in [2.45, 2.75) is 0 Å². The second kappa shape index (κ2) is 7.33. The van der Waals surface area contributed by atoms with Crippen molar-refractivity contribution >= 4 is 48.4 Å². The average molecular weight is 460 g/mol. The van der Waals surface area contributed by atoms with Gasteiger partial charge in [-0.2, -0.15) is 0 Å². The van der Waals surface area contributed by atoms with E-state index in [0.29, 0.717) is 0 Å². The number of aromatic nitrogens is 1. The fraction of sp³-hybridized carbons (Fsp3) is 0. The van der Waals surface area contributed by atoms with Gasteiger partial charge in [0.1, 0.15) is 0 Å². The van der Waals surface area contributed by atoms with Crippen LogP contribution in [0.15, 0.2) is 114 Å². The van der Waals surface area contributed by atoms with Crippen molar-refractivity contribution in [1.29, 1.82) is 0 Å². The molecule has 0 spiro atoms. The Kier molecular flexibility index (Phi) is 4.33. The van der Waals surface area contributed by atoms with Crippen LogP contribution >= 0.6 is 15.9 Å². The third-order valence-electron chi connectivity index (χ3n) is 5.87. The number of halogens is 1. The summed E-state index contributed by atoms with van der Waals surface area (Å²) in [6.45, 7) is 0. The summed E-state index contributed by atoms with van der Waals surface area (Å²) in [7, 11) is 0. The maximum Gasteiger partial charge on any atom is 0.0788 e. The molecule has 0 radical (unpaired) electrons. The number of hydrogen-bond acceptors (Lipinski definition) is 1. The van der Waals surface area contributed by atoms with Gasteiger partial charge in [0.25, 0.3) is 0 Å². The van der Waals surface area contributed by atoms with Crippen molar-refractivity contribution in [2.24, 2.45) is 0 Å². The summed E-state index contributed by atoms with van der Waals surface area (Å²) in [5.74, 6) is 0. The quantitative estimate of drug-likeness (QED) is 0.236. The van der Waals surface area contributed by atoms with Crippen molar-refractivity contribution in [2.75, 3.05) is 0 Å². The molecule has 0 fully saturated rings. The first-order chi connectivity index (χ1) is 15.3. The van der Waals surface area contributed by atoms with Crippen LogP contribution in [0.5, 0.6) is 0 Å². The number of hydrogen-bond donors (Lipinski definition) is 0. The maximum atomic E-state index is 5.14. The molecule has 0 aliphatic carbocycles. The van der Waals surface area contributed by atoms with Gasteiger partial charge in [-0.15, -0.1) is 0 Å². The van der Waals surface area contributed by atoms with E-state index in [2.05, 4.69) is 119 Å². The maximum absolute atomic E-state index is 5.14. The molecule has 0 N–H and O–H groups in total. The van der Waals surface area contributed by atoms with Crippen LogP contribution < -0.4 is 0 Å². The lowest BCUT2D eigenvalue weighted by molar-refractivity contribution is 1.42. The van der Waals surface area contributed by atoms with Crippen LogP contribution in [0, 0.1) is 0 Å². The first kappa shape index (κ1) is 18.3. The van der Waals surface area contributed by atoms with E-state index in [-0.39, 0.29) is 0 Å². The largest absolute Gasteiger partial charge is 0.247 e.